The van der Waals surface area contributed by atoms with Crippen LogP contribution in [0.4, 0.5) is 0 Å². The summed E-state index contributed by atoms with van der Waals surface area (Å²) in [5, 5.41) is 0. The normalized spacial score (nSPS) is 17.7. The summed E-state index contributed by atoms with van der Waals surface area (Å²) >= 11 is 0. The maximum absolute atomic E-state index is 7.91. The average molecular weight is 208 g/mol. The van der Waals surface area contributed by atoms with Crippen LogP contribution in [0.25, 0.3) is 0 Å². The van der Waals surface area contributed by atoms with Crippen LogP contribution < -0.4 is 11.5 Å². The molecular weight excluding hydrogens is 188 g/mol. The Labute approximate surface area is 95.3 Å². The van der Waals surface area contributed by atoms with Crippen molar-refractivity contribution in [3.05, 3.63) is 35.8 Å². The molecule has 4 N–H and O–H groups in total. The number of aliphatic imine (C=N–C) groups is 2. The molecule has 0 atom stereocenters. The molecule has 1 aromatic carbocycles. The van der Waals surface area contributed by atoms with E-state index in [0.29, 0.717) is 0 Å². The van der Waals surface area contributed by atoms with Gasteiger partial charge < -0.3 is 11.5 Å². The lowest BCUT2D eigenvalue weighted by Gasteiger charge is -1.97. The lowest BCUT2D eigenvalue weighted by atomic mass is 10.2. The van der Waals surface area contributed by atoms with Crippen LogP contribution in [-0.2, 0) is 6.37 Å². The Morgan fingerprint density at radius 1 is 1.40 bits per heavy atom. The van der Waals surface area contributed by atoms with Gasteiger partial charge in [-0.15, -0.1) is 0 Å². The molecule has 15 heavy (non-hydrogen) atoms. The van der Waals surface area contributed by atoms with Gasteiger partial charge in [0.05, 0.1) is 8.58 Å². The van der Waals surface area contributed by atoms with E-state index in [9.17, 15) is 0 Å². The quantitative estimate of drug-likeness (QED) is 0.572. The van der Waals surface area contributed by atoms with E-state index in [1.54, 1.807) is 0 Å². The van der Waals surface area contributed by atoms with Crippen molar-refractivity contribution in [3.63, 3.8) is 0 Å². The molecule has 0 bridgehead atoms. The molecule has 0 radical (unpaired) electrons. The summed E-state index contributed by atoms with van der Waals surface area (Å²) in [6, 6.07) is 4.32. The number of amidine groups is 1. The third-order valence-corrected chi connectivity index (χ3v) is 1.44. The van der Waals surface area contributed by atoms with Gasteiger partial charge in [0.2, 0.25) is 5.96 Å². The molecule has 0 aromatic heterocycles. The van der Waals surface area contributed by atoms with E-state index in [4.69, 9.17) is 17.0 Å². The Morgan fingerprint density at radius 3 is 2.67 bits per heavy atom. The van der Waals surface area contributed by atoms with Gasteiger partial charge in [-0.05, 0) is 18.9 Å². The Bertz CT molecular complexity index is 501. The lowest BCUT2D eigenvalue weighted by Crippen LogP contribution is -2.16. The summed E-state index contributed by atoms with van der Waals surface area (Å²) in [7, 11) is 0. The fourth-order valence-electron chi connectivity index (χ4n) is 0.870. The highest BCUT2D eigenvalue weighted by molar-refractivity contribution is 5.93. The summed E-state index contributed by atoms with van der Waals surface area (Å²) < 4.78 is 31.2. The molecule has 0 spiro atoms. The molecule has 0 saturated heterocycles. The van der Waals surface area contributed by atoms with E-state index >= 15 is 0 Å². The third-order valence-electron chi connectivity index (χ3n) is 1.44. The van der Waals surface area contributed by atoms with Crippen molar-refractivity contribution in [2.75, 3.05) is 6.54 Å². The first kappa shape index (κ1) is 6.61. The molecule has 0 unspecified atom stereocenters. The molecule has 1 aromatic rings. The molecule has 80 valence electrons. The van der Waals surface area contributed by atoms with Crippen molar-refractivity contribution in [1.29, 1.82) is 0 Å². The Hall–Kier alpha value is -1.84. The number of benzene rings is 1. The van der Waals surface area contributed by atoms with Crippen LogP contribution in [0.5, 0.6) is 0 Å². The maximum atomic E-state index is 7.91. The Morgan fingerprint density at radius 2 is 2.07 bits per heavy atom. The average Bonchev–Trinajstić information content (AvgIpc) is 2.25. The van der Waals surface area contributed by atoms with Gasteiger partial charge in [0.15, 0.2) is 0 Å². The molecule has 0 saturated carbocycles. The molecule has 4 nitrogen and oxygen atoms in total. The molecule has 0 aliphatic heterocycles. The minimum atomic E-state index is -1.96. The fraction of sp³-hybridized carbons (Fsp3) is 0.273. The van der Waals surface area contributed by atoms with Gasteiger partial charge in [0, 0.05) is 9.29 Å². The summed E-state index contributed by atoms with van der Waals surface area (Å²) in [6.07, 6.45) is -1.96. The zero-order valence-corrected chi connectivity index (χ0v) is 8.49. The second-order valence-electron chi connectivity index (χ2n) is 2.79. The van der Waals surface area contributed by atoms with E-state index in [1.807, 2.05) is 0 Å². The van der Waals surface area contributed by atoms with E-state index in [1.165, 1.54) is 25.1 Å². The van der Waals surface area contributed by atoms with Crippen molar-refractivity contribution in [2.24, 2.45) is 21.5 Å². The zero-order valence-electron chi connectivity index (χ0n) is 12.5. The van der Waals surface area contributed by atoms with Crippen molar-refractivity contribution in [1.82, 2.24) is 0 Å². The van der Waals surface area contributed by atoms with Crippen LogP contribution in [0.3, 0.4) is 0 Å². The van der Waals surface area contributed by atoms with Crippen molar-refractivity contribution >= 4 is 11.8 Å². The zero-order chi connectivity index (χ0) is 14.6. The van der Waals surface area contributed by atoms with Gasteiger partial charge in [-0.2, -0.15) is 0 Å². The highest BCUT2D eigenvalue weighted by Crippen LogP contribution is 1.99. The molecule has 4 heteroatoms. The molecule has 0 fully saturated rings. The van der Waals surface area contributed by atoms with Crippen LogP contribution in [0.15, 0.2) is 40.3 Å². The van der Waals surface area contributed by atoms with Gasteiger partial charge in [0.1, 0.15) is 0 Å². The van der Waals surface area contributed by atoms with Gasteiger partial charge >= 0.3 is 0 Å². The number of nitrogens with two attached hydrogens (primary N) is 2. The van der Waals surface area contributed by atoms with E-state index in [0.717, 1.165) is 0 Å². The largest absolute Gasteiger partial charge is 0.387 e. The number of guanidine groups is 1. The van der Waals surface area contributed by atoms with Crippen LogP contribution >= 0.6 is 0 Å². The second-order valence-corrected chi connectivity index (χ2v) is 2.79. The van der Waals surface area contributed by atoms with Crippen molar-refractivity contribution in [2.45, 2.75) is 13.3 Å². The first-order valence-electron chi connectivity index (χ1n) is 6.41. The first-order valence-corrected chi connectivity index (χ1v) is 4.41. The van der Waals surface area contributed by atoms with Crippen molar-refractivity contribution < 1.29 is 5.48 Å². The van der Waals surface area contributed by atoms with Gasteiger partial charge in [0.25, 0.3) is 0 Å². The predicted molar refractivity (Wildman–Crippen MR) is 63.9 cm³/mol. The maximum Gasteiger partial charge on any atom is 0.216 e. The second kappa shape index (κ2) is 5.80. The predicted octanol–water partition coefficient (Wildman–Crippen LogP) is 0.921. The van der Waals surface area contributed by atoms with Crippen LogP contribution in [0, 0.1) is 0 Å². The molecular formula is C11H16N4. The lowest BCUT2D eigenvalue weighted by molar-refractivity contribution is 0.962. The van der Waals surface area contributed by atoms with Crippen LogP contribution in [0.1, 0.15) is 18.0 Å². The van der Waals surface area contributed by atoms with Gasteiger partial charge in [-0.25, -0.2) is 4.99 Å². The fourth-order valence-corrected chi connectivity index (χ4v) is 0.870. The summed E-state index contributed by atoms with van der Waals surface area (Å²) in [4.78, 5) is 7.46. The van der Waals surface area contributed by atoms with Gasteiger partial charge in [-0.1, -0.05) is 30.3 Å². The molecule has 0 amide bonds. The SMILES string of the molecule is [2H]c1cccc([2H])c1C([2H])([2H])CN=C(N)N=C(C)N. The Kier molecular flexibility index (Phi) is 2.55. The molecule has 0 aliphatic carbocycles. The Balaban J connectivity index is 3.02. The smallest absolute Gasteiger partial charge is 0.216 e. The van der Waals surface area contributed by atoms with Gasteiger partial charge in [-0.3, -0.25) is 4.99 Å². The van der Waals surface area contributed by atoms with E-state index < -0.39 is 6.37 Å². The van der Waals surface area contributed by atoms with E-state index in [2.05, 4.69) is 9.98 Å². The summed E-state index contributed by atoms with van der Waals surface area (Å²) in [5.41, 5.74) is 10.8. The highest BCUT2D eigenvalue weighted by Gasteiger charge is 1.91. The minimum Gasteiger partial charge on any atom is -0.387 e. The number of hydrogen-bond acceptors (Lipinski definition) is 1. The van der Waals surface area contributed by atoms with Crippen LogP contribution in [-0.4, -0.2) is 18.3 Å². The number of rotatable bonds is 3. The standard InChI is InChI=1S/C11H16N4/c1-9(12)15-11(13)14-8-7-10-5-3-2-4-6-10/h2-6H,7-8H2,1H3,(H4,12,13,14,15)/i5D,6D,7D2. The number of nitrogens with zero attached hydrogens (tertiary/aromatic N) is 2. The molecule has 0 heterocycles. The molecule has 1 rings (SSSR count). The highest BCUT2D eigenvalue weighted by atomic mass is 15.1. The van der Waals surface area contributed by atoms with E-state index in [-0.39, 0.29) is 36.0 Å². The topological polar surface area (TPSA) is 76.8 Å². The van der Waals surface area contributed by atoms with Crippen LogP contribution in [0.2, 0.25) is 0 Å². The third kappa shape index (κ3) is 4.81. The summed E-state index contributed by atoms with van der Waals surface area (Å²) in [6.45, 7) is 1.22. The first-order chi connectivity index (χ1) is 8.74. The minimum absolute atomic E-state index is 0.0139. The monoisotopic (exact) mass is 208 g/mol. The molecule has 0 aliphatic rings. The van der Waals surface area contributed by atoms with Crippen molar-refractivity contribution in [3.8, 4) is 0 Å². The number of hydrogen-bond donors (Lipinski definition) is 2. The summed E-state index contributed by atoms with van der Waals surface area (Å²) in [5.74, 6) is 0.0988.